The lowest BCUT2D eigenvalue weighted by molar-refractivity contribution is -0.123. The number of amides is 3. The van der Waals surface area contributed by atoms with Crippen molar-refractivity contribution >= 4 is 39.5 Å². The van der Waals surface area contributed by atoms with Crippen LogP contribution in [0.15, 0.2) is 30.3 Å². The van der Waals surface area contributed by atoms with Gasteiger partial charge in [0.2, 0.25) is 0 Å². The van der Waals surface area contributed by atoms with Crippen LogP contribution in [-0.2, 0) is 16.1 Å². The van der Waals surface area contributed by atoms with E-state index in [1.165, 1.54) is 11.3 Å². The number of nitrogens with one attached hydrogen (secondary N) is 2. The van der Waals surface area contributed by atoms with Gasteiger partial charge in [-0.3, -0.25) is 14.8 Å². The summed E-state index contributed by atoms with van der Waals surface area (Å²) in [5.41, 5.74) is 0.830. The topological polar surface area (TPSA) is 121 Å². The number of carbonyl (C=O) groups is 3. The third-order valence-corrected chi connectivity index (χ3v) is 6.12. The number of esters is 1. The summed E-state index contributed by atoms with van der Waals surface area (Å²) in [5, 5.41) is 10.1. The fraction of sp³-hybridized carbons (Fsp3) is 0.391. The SMILES string of the molecule is Cc1nn(CC(C)C)c2sc(C(=O)OCC(=O)NC(=O)NCC3COc4ccccc4O3)cc12. The summed E-state index contributed by atoms with van der Waals surface area (Å²) in [5.74, 6) is 0.283. The highest BCUT2D eigenvalue weighted by atomic mass is 32.1. The number of benzene rings is 1. The summed E-state index contributed by atoms with van der Waals surface area (Å²) in [7, 11) is 0. The third-order valence-electron chi connectivity index (χ3n) is 4.99. The lowest BCUT2D eigenvalue weighted by Gasteiger charge is -2.26. The number of rotatable bonds is 7. The minimum Gasteiger partial charge on any atom is -0.486 e. The molecular formula is C23H26N4O6S. The monoisotopic (exact) mass is 486 g/mol. The zero-order valence-electron chi connectivity index (χ0n) is 19.1. The number of para-hydroxylation sites is 2. The van der Waals surface area contributed by atoms with Crippen LogP contribution >= 0.6 is 11.3 Å². The standard InChI is InChI=1S/C23H26N4O6S/c1-13(2)10-27-21-16(14(3)26-27)8-19(34-21)22(29)32-12-20(28)25-23(30)24-9-15-11-31-17-6-4-5-7-18(17)33-15/h4-8,13,15H,9-12H2,1-3H3,(H2,24,25,28,30). The van der Waals surface area contributed by atoms with E-state index in [1.807, 2.05) is 23.7 Å². The van der Waals surface area contributed by atoms with Gasteiger partial charge < -0.3 is 19.5 Å². The molecule has 0 bridgehead atoms. The fourth-order valence-corrected chi connectivity index (χ4v) is 4.53. The predicted octanol–water partition coefficient (Wildman–Crippen LogP) is 2.88. The molecule has 0 saturated carbocycles. The van der Waals surface area contributed by atoms with Crippen LogP contribution in [0, 0.1) is 12.8 Å². The second kappa shape index (κ2) is 10.1. The van der Waals surface area contributed by atoms with Crippen molar-refractivity contribution in [2.45, 2.75) is 33.4 Å². The van der Waals surface area contributed by atoms with Crippen molar-refractivity contribution < 1.29 is 28.6 Å². The Balaban J connectivity index is 1.23. The Labute approximate surface area is 200 Å². The van der Waals surface area contributed by atoms with Gasteiger partial charge in [0, 0.05) is 11.9 Å². The maximum absolute atomic E-state index is 12.4. The highest BCUT2D eigenvalue weighted by molar-refractivity contribution is 7.20. The van der Waals surface area contributed by atoms with Gasteiger partial charge in [0.25, 0.3) is 5.91 Å². The quantitative estimate of drug-likeness (QED) is 0.493. The number of thiophene rings is 1. The largest absolute Gasteiger partial charge is 0.486 e. The molecule has 180 valence electrons. The second-order valence-corrected chi connectivity index (χ2v) is 9.35. The second-order valence-electron chi connectivity index (χ2n) is 8.32. The van der Waals surface area contributed by atoms with Gasteiger partial charge in [-0.25, -0.2) is 9.59 Å². The zero-order chi connectivity index (χ0) is 24.2. The highest BCUT2D eigenvalue weighted by Gasteiger charge is 2.22. The molecule has 1 unspecified atom stereocenters. The number of hydrogen-bond acceptors (Lipinski definition) is 8. The molecule has 1 atom stereocenters. The predicted molar refractivity (Wildman–Crippen MR) is 125 cm³/mol. The first-order valence-electron chi connectivity index (χ1n) is 10.9. The molecule has 10 nitrogen and oxygen atoms in total. The molecule has 1 aliphatic rings. The molecule has 2 N–H and O–H groups in total. The van der Waals surface area contributed by atoms with Gasteiger partial charge in [-0.05, 0) is 31.0 Å². The van der Waals surface area contributed by atoms with Gasteiger partial charge in [0.15, 0.2) is 24.2 Å². The van der Waals surface area contributed by atoms with E-state index in [0.29, 0.717) is 22.3 Å². The molecule has 0 spiro atoms. The molecule has 2 aromatic heterocycles. The summed E-state index contributed by atoms with van der Waals surface area (Å²) >= 11 is 1.27. The normalized spacial score (nSPS) is 14.8. The number of imide groups is 1. The van der Waals surface area contributed by atoms with E-state index < -0.39 is 30.6 Å². The van der Waals surface area contributed by atoms with Crippen LogP contribution in [0.3, 0.4) is 0 Å². The Kier molecular flexibility index (Phi) is 7.01. The maximum atomic E-state index is 12.4. The van der Waals surface area contributed by atoms with Gasteiger partial charge in [0.05, 0.1) is 12.2 Å². The molecular weight excluding hydrogens is 460 g/mol. The van der Waals surface area contributed by atoms with E-state index >= 15 is 0 Å². The van der Waals surface area contributed by atoms with Crippen molar-refractivity contribution in [3.63, 3.8) is 0 Å². The van der Waals surface area contributed by atoms with Crippen molar-refractivity contribution in [3.05, 3.63) is 40.9 Å². The average Bonchev–Trinajstić information content (AvgIpc) is 3.37. The Morgan fingerprint density at radius 3 is 2.79 bits per heavy atom. The van der Waals surface area contributed by atoms with Crippen LogP contribution in [0.1, 0.15) is 29.2 Å². The molecule has 0 aliphatic carbocycles. The van der Waals surface area contributed by atoms with Crippen LogP contribution in [0.2, 0.25) is 0 Å². The Bertz CT molecular complexity index is 1220. The zero-order valence-corrected chi connectivity index (χ0v) is 19.9. The molecule has 11 heteroatoms. The van der Waals surface area contributed by atoms with Gasteiger partial charge >= 0.3 is 12.0 Å². The Hall–Kier alpha value is -3.60. The Morgan fingerprint density at radius 2 is 2.03 bits per heavy atom. The number of fused-ring (bicyclic) bond motifs is 2. The maximum Gasteiger partial charge on any atom is 0.348 e. The first-order valence-corrected chi connectivity index (χ1v) is 11.7. The number of nitrogens with zero attached hydrogens (tertiary/aromatic N) is 2. The number of urea groups is 1. The van der Waals surface area contributed by atoms with Crippen molar-refractivity contribution in [3.8, 4) is 11.5 Å². The molecule has 0 saturated heterocycles. The first-order chi connectivity index (χ1) is 16.3. The number of ether oxygens (including phenoxy) is 3. The molecule has 4 rings (SSSR count). The number of aryl methyl sites for hydroxylation is 1. The molecule has 3 heterocycles. The minimum atomic E-state index is -0.736. The molecule has 3 amide bonds. The highest BCUT2D eigenvalue weighted by Crippen LogP contribution is 2.31. The summed E-state index contributed by atoms with van der Waals surface area (Å²) in [6, 6.07) is 8.24. The lowest BCUT2D eigenvalue weighted by Crippen LogP contribution is -2.46. The van der Waals surface area contributed by atoms with Crippen LogP contribution in [0.5, 0.6) is 11.5 Å². The summed E-state index contributed by atoms with van der Waals surface area (Å²) in [6.45, 7) is 6.64. The van der Waals surface area contributed by atoms with Crippen LogP contribution < -0.4 is 20.1 Å². The summed E-state index contributed by atoms with van der Waals surface area (Å²) in [4.78, 5) is 37.7. The number of hydrogen-bond donors (Lipinski definition) is 2. The van der Waals surface area contributed by atoms with E-state index in [9.17, 15) is 14.4 Å². The van der Waals surface area contributed by atoms with Crippen LogP contribution in [0.25, 0.3) is 10.2 Å². The summed E-state index contributed by atoms with van der Waals surface area (Å²) in [6.07, 6.45) is -0.392. The molecule has 1 aliphatic heterocycles. The Morgan fingerprint density at radius 1 is 1.26 bits per heavy atom. The van der Waals surface area contributed by atoms with Crippen LogP contribution in [-0.4, -0.2) is 53.6 Å². The van der Waals surface area contributed by atoms with Crippen molar-refractivity contribution in [2.75, 3.05) is 19.8 Å². The first kappa shape index (κ1) is 23.6. The van der Waals surface area contributed by atoms with Gasteiger partial charge in [-0.1, -0.05) is 26.0 Å². The smallest absolute Gasteiger partial charge is 0.348 e. The van der Waals surface area contributed by atoms with E-state index in [2.05, 4.69) is 29.6 Å². The minimum absolute atomic E-state index is 0.141. The van der Waals surface area contributed by atoms with E-state index in [4.69, 9.17) is 14.2 Å². The van der Waals surface area contributed by atoms with Gasteiger partial charge in [0.1, 0.15) is 16.3 Å². The van der Waals surface area contributed by atoms with Crippen molar-refractivity contribution in [1.29, 1.82) is 0 Å². The molecule has 1 aromatic carbocycles. The third kappa shape index (κ3) is 5.48. The number of aromatic nitrogens is 2. The van der Waals surface area contributed by atoms with Gasteiger partial charge in [-0.15, -0.1) is 11.3 Å². The number of carbonyl (C=O) groups excluding carboxylic acids is 3. The van der Waals surface area contributed by atoms with E-state index in [1.54, 1.807) is 18.2 Å². The summed E-state index contributed by atoms with van der Waals surface area (Å²) < 4.78 is 18.3. The van der Waals surface area contributed by atoms with E-state index in [0.717, 1.165) is 22.5 Å². The average molecular weight is 487 g/mol. The van der Waals surface area contributed by atoms with Gasteiger partial charge in [-0.2, -0.15) is 5.10 Å². The molecule has 34 heavy (non-hydrogen) atoms. The lowest BCUT2D eigenvalue weighted by atomic mass is 10.2. The molecule has 3 aromatic rings. The molecule has 0 fully saturated rings. The fourth-order valence-electron chi connectivity index (χ4n) is 3.46. The van der Waals surface area contributed by atoms with Crippen molar-refractivity contribution in [2.24, 2.45) is 5.92 Å². The van der Waals surface area contributed by atoms with Crippen LogP contribution in [0.4, 0.5) is 4.79 Å². The van der Waals surface area contributed by atoms with Crippen molar-refractivity contribution in [1.82, 2.24) is 20.4 Å². The molecule has 0 radical (unpaired) electrons. The van der Waals surface area contributed by atoms with E-state index in [-0.39, 0.29) is 13.2 Å².